The summed E-state index contributed by atoms with van der Waals surface area (Å²) in [7, 11) is 0. The van der Waals surface area contributed by atoms with Crippen LogP contribution in [0.1, 0.15) is 25.6 Å². The minimum atomic E-state index is -0.457. The molecule has 0 radical (unpaired) electrons. The number of hydrogen-bond acceptors (Lipinski definition) is 3. The fourth-order valence-corrected chi connectivity index (χ4v) is 1.75. The Morgan fingerprint density at radius 1 is 1.53 bits per heavy atom. The normalized spacial score (nSPS) is 25.0. The molecule has 0 aromatic carbocycles. The Morgan fingerprint density at radius 2 is 2.27 bits per heavy atom. The predicted octanol–water partition coefficient (Wildman–Crippen LogP) is 1.47. The topological polar surface area (TPSA) is 54.3 Å². The number of nitrogens with one attached hydrogen (secondary N) is 2. The van der Waals surface area contributed by atoms with Crippen LogP contribution in [0.25, 0.3) is 0 Å². The molecule has 82 valence electrons. The molecular formula is C10H13ClN2O2. The summed E-state index contributed by atoms with van der Waals surface area (Å²) in [6, 6.07) is 2.88. The molecule has 1 unspecified atom stereocenters. The summed E-state index contributed by atoms with van der Waals surface area (Å²) in [6.45, 7) is 4.64. The Morgan fingerprint density at radius 3 is 2.87 bits per heavy atom. The first kappa shape index (κ1) is 10.5. The average molecular weight is 229 g/mol. The summed E-state index contributed by atoms with van der Waals surface area (Å²) in [5, 5.41) is 6.33. The van der Waals surface area contributed by atoms with Crippen LogP contribution in [0.5, 0.6) is 0 Å². The minimum absolute atomic E-state index is 0.0830. The van der Waals surface area contributed by atoms with Crippen molar-refractivity contribution in [2.75, 3.05) is 6.54 Å². The summed E-state index contributed by atoms with van der Waals surface area (Å²) in [5.41, 5.74) is -0.141. The zero-order chi connectivity index (χ0) is 11.1. The fourth-order valence-electron chi connectivity index (χ4n) is 1.60. The molecule has 1 saturated heterocycles. The highest BCUT2D eigenvalue weighted by Gasteiger charge is 2.35. The molecule has 2 rings (SSSR count). The average Bonchev–Trinajstić information content (AvgIpc) is 2.56. The highest BCUT2D eigenvalue weighted by molar-refractivity contribution is 6.28. The number of piperazine rings is 1. The molecule has 0 spiro atoms. The fraction of sp³-hybridized carbons (Fsp3) is 0.500. The minimum Gasteiger partial charge on any atom is -0.447 e. The molecule has 1 atom stereocenters. The maximum absolute atomic E-state index is 11.6. The first-order chi connectivity index (χ1) is 6.98. The highest BCUT2D eigenvalue weighted by Crippen LogP contribution is 2.24. The van der Waals surface area contributed by atoms with Crippen molar-refractivity contribution in [2.24, 2.45) is 0 Å². The first-order valence-corrected chi connectivity index (χ1v) is 5.16. The van der Waals surface area contributed by atoms with Crippen molar-refractivity contribution in [3.63, 3.8) is 0 Å². The molecule has 0 aliphatic carbocycles. The van der Waals surface area contributed by atoms with E-state index in [4.69, 9.17) is 16.0 Å². The number of hydrogen-bond donors (Lipinski definition) is 2. The number of halogens is 1. The van der Waals surface area contributed by atoms with Crippen LogP contribution in [-0.4, -0.2) is 18.0 Å². The summed E-state index contributed by atoms with van der Waals surface area (Å²) >= 11 is 5.67. The number of rotatable bonds is 1. The standard InChI is InChI=1S/C10H13ClN2O2/c1-10(2)5-12-9(14)8(13-10)6-3-4-7(11)15-6/h3-4,8,13H,5H2,1-2H3,(H,12,14). The van der Waals surface area contributed by atoms with Crippen molar-refractivity contribution < 1.29 is 9.21 Å². The predicted molar refractivity (Wildman–Crippen MR) is 56.7 cm³/mol. The van der Waals surface area contributed by atoms with Crippen LogP contribution < -0.4 is 10.6 Å². The van der Waals surface area contributed by atoms with Crippen molar-refractivity contribution in [2.45, 2.75) is 25.4 Å². The van der Waals surface area contributed by atoms with E-state index in [0.29, 0.717) is 17.5 Å². The maximum Gasteiger partial charge on any atom is 0.245 e. The smallest absolute Gasteiger partial charge is 0.245 e. The molecule has 1 fully saturated rings. The molecule has 1 aliphatic rings. The second-order valence-corrected chi connectivity index (χ2v) is 4.69. The van der Waals surface area contributed by atoms with Gasteiger partial charge in [-0.1, -0.05) is 0 Å². The molecule has 1 aromatic rings. The van der Waals surface area contributed by atoms with Gasteiger partial charge in [-0.15, -0.1) is 0 Å². The third-order valence-corrected chi connectivity index (χ3v) is 2.58. The van der Waals surface area contributed by atoms with E-state index in [1.165, 1.54) is 0 Å². The van der Waals surface area contributed by atoms with Crippen LogP contribution in [0.3, 0.4) is 0 Å². The number of amides is 1. The van der Waals surface area contributed by atoms with Gasteiger partial charge < -0.3 is 9.73 Å². The maximum atomic E-state index is 11.6. The van der Waals surface area contributed by atoms with E-state index in [9.17, 15) is 4.79 Å². The molecule has 2 heterocycles. The van der Waals surface area contributed by atoms with Crippen LogP contribution in [0.15, 0.2) is 16.5 Å². The van der Waals surface area contributed by atoms with Gasteiger partial charge in [-0.05, 0) is 37.6 Å². The van der Waals surface area contributed by atoms with Gasteiger partial charge in [-0.25, -0.2) is 0 Å². The van der Waals surface area contributed by atoms with Crippen molar-refractivity contribution >= 4 is 17.5 Å². The van der Waals surface area contributed by atoms with E-state index in [-0.39, 0.29) is 11.4 Å². The Kier molecular flexibility index (Phi) is 2.48. The van der Waals surface area contributed by atoms with Crippen molar-refractivity contribution in [3.8, 4) is 0 Å². The van der Waals surface area contributed by atoms with Gasteiger partial charge >= 0.3 is 0 Å². The summed E-state index contributed by atoms with van der Waals surface area (Å²) < 4.78 is 5.23. The lowest BCUT2D eigenvalue weighted by atomic mass is 9.99. The Balaban J connectivity index is 2.23. The zero-order valence-corrected chi connectivity index (χ0v) is 9.39. The molecule has 0 bridgehead atoms. The second-order valence-electron chi connectivity index (χ2n) is 4.32. The lowest BCUT2D eigenvalue weighted by Gasteiger charge is -2.35. The Labute approximate surface area is 93.0 Å². The monoisotopic (exact) mass is 228 g/mol. The van der Waals surface area contributed by atoms with E-state index >= 15 is 0 Å². The molecule has 2 N–H and O–H groups in total. The van der Waals surface area contributed by atoms with E-state index in [1.807, 2.05) is 13.8 Å². The first-order valence-electron chi connectivity index (χ1n) is 4.79. The van der Waals surface area contributed by atoms with E-state index in [0.717, 1.165) is 0 Å². The Hall–Kier alpha value is -1.00. The second kappa shape index (κ2) is 3.54. The van der Waals surface area contributed by atoms with Gasteiger partial charge in [0.15, 0.2) is 5.22 Å². The van der Waals surface area contributed by atoms with Crippen molar-refractivity contribution in [3.05, 3.63) is 23.1 Å². The van der Waals surface area contributed by atoms with E-state index in [2.05, 4.69) is 10.6 Å². The molecule has 15 heavy (non-hydrogen) atoms. The van der Waals surface area contributed by atoms with E-state index in [1.54, 1.807) is 12.1 Å². The molecule has 1 aliphatic heterocycles. The Bertz CT molecular complexity index is 387. The number of carbonyl (C=O) groups excluding carboxylic acids is 1. The molecular weight excluding hydrogens is 216 g/mol. The van der Waals surface area contributed by atoms with E-state index < -0.39 is 6.04 Å². The summed E-state index contributed by atoms with van der Waals surface area (Å²) in [5.74, 6) is 0.464. The van der Waals surface area contributed by atoms with Crippen molar-refractivity contribution in [1.82, 2.24) is 10.6 Å². The van der Waals surface area contributed by atoms with Gasteiger partial charge in [0.25, 0.3) is 0 Å². The van der Waals surface area contributed by atoms with Gasteiger partial charge in [0.2, 0.25) is 5.91 Å². The van der Waals surface area contributed by atoms with Gasteiger partial charge in [0.1, 0.15) is 11.8 Å². The molecule has 1 aromatic heterocycles. The van der Waals surface area contributed by atoms with Crippen LogP contribution in [0.2, 0.25) is 5.22 Å². The number of carbonyl (C=O) groups is 1. The third kappa shape index (κ3) is 2.16. The zero-order valence-electron chi connectivity index (χ0n) is 8.63. The van der Waals surface area contributed by atoms with Crippen LogP contribution in [0, 0.1) is 0 Å². The lowest BCUT2D eigenvalue weighted by Crippen LogP contribution is -2.59. The van der Waals surface area contributed by atoms with Crippen molar-refractivity contribution in [1.29, 1.82) is 0 Å². The largest absolute Gasteiger partial charge is 0.447 e. The lowest BCUT2D eigenvalue weighted by molar-refractivity contribution is -0.126. The molecule has 5 heteroatoms. The quantitative estimate of drug-likeness (QED) is 0.766. The van der Waals surface area contributed by atoms with Gasteiger partial charge in [0.05, 0.1) is 0 Å². The van der Waals surface area contributed by atoms with Gasteiger partial charge in [-0.3, -0.25) is 10.1 Å². The highest BCUT2D eigenvalue weighted by atomic mass is 35.5. The van der Waals surface area contributed by atoms with Crippen LogP contribution in [-0.2, 0) is 4.79 Å². The third-order valence-electron chi connectivity index (χ3n) is 2.38. The van der Waals surface area contributed by atoms with Crippen LogP contribution in [0.4, 0.5) is 0 Å². The van der Waals surface area contributed by atoms with Crippen LogP contribution >= 0.6 is 11.6 Å². The van der Waals surface area contributed by atoms with Gasteiger partial charge in [-0.2, -0.15) is 0 Å². The number of furan rings is 1. The molecule has 0 saturated carbocycles. The summed E-state index contributed by atoms with van der Waals surface area (Å²) in [4.78, 5) is 11.6. The van der Waals surface area contributed by atoms with Gasteiger partial charge in [0, 0.05) is 12.1 Å². The molecule has 1 amide bonds. The molecule has 4 nitrogen and oxygen atoms in total. The SMILES string of the molecule is CC1(C)CNC(=O)C(c2ccc(Cl)o2)N1. The summed E-state index contributed by atoms with van der Waals surface area (Å²) in [6.07, 6.45) is 0.